The van der Waals surface area contributed by atoms with Crippen molar-refractivity contribution in [2.24, 2.45) is 0 Å². The molecular weight excluding hydrogens is 378 g/mol. The Kier molecular flexibility index (Phi) is 5.75. The second kappa shape index (κ2) is 8.22. The summed E-state index contributed by atoms with van der Waals surface area (Å²) in [7, 11) is 0. The monoisotopic (exact) mass is 397 g/mol. The van der Waals surface area contributed by atoms with E-state index in [4.69, 9.17) is 11.6 Å². The predicted octanol–water partition coefficient (Wildman–Crippen LogP) is 3.75. The van der Waals surface area contributed by atoms with Crippen molar-refractivity contribution in [2.75, 3.05) is 10.6 Å². The number of aromatic nitrogens is 3. The summed E-state index contributed by atoms with van der Waals surface area (Å²) < 4.78 is 1.40. The molecule has 2 N–H and O–H groups in total. The van der Waals surface area contributed by atoms with Gasteiger partial charge in [-0.25, -0.2) is 4.68 Å². The third kappa shape index (κ3) is 4.37. The normalized spacial score (nSPS) is 10.6. The second-order valence-corrected chi connectivity index (χ2v) is 6.89. The number of hydrogen-bond acceptors (Lipinski definition) is 4. The molecule has 144 valence electrons. The molecule has 0 aliphatic heterocycles. The first-order valence-corrected chi connectivity index (χ1v) is 9.06. The minimum Gasteiger partial charge on any atom is -0.324 e. The van der Waals surface area contributed by atoms with Crippen molar-refractivity contribution in [1.29, 1.82) is 0 Å². The van der Waals surface area contributed by atoms with Crippen LogP contribution in [-0.4, -0.2) is 26.8 Å². The molecular formula is C20H20ClN5O2. The van der Waals surface area contributed by atoms with Crippen LogP contribution in [0, 0.1) is 20.8 Å². The number of para-hydroxylation sites is 1. The number of aryl methyl sites for hydroxylation is 2. The molecule has 0 saturated carbocycles. The van der Waals surface area contributed by atoms with Gasteiger partial charge in [-0.1, -0.05) is 41.1 Å². The summed E-state index contributed by atoms with van der Waals surface area (Å²) in [5.41, 5.74) is 3.83. The predicted molar refractivity (Wildman–Crippen MR) is 109 cm³/mol. The summed E-state index contributed by atoms with van der Waals surface area (Å²) in [4.78, 5) is 24.9. The van der Waals surface area contributed by atoms with E-state index in [2.05, 4.69) is 20.9 Å². The number of halogens is 1. The number of anilines is 2. The van der Waals surface area contributed by atoms with Gasteiger partial charge in [0.05, 0.1) is 5.69 Å². The molecule has 0 aliphatic carbocycles. The molecule has 0 unspecified atom stereocenters. The molecule has 1 aromatic heterocycles. The lowest BCUT2D eigenvalue weighted by atomic mass is 10.2. The summed E-state index contributed by atoms with van der Waals surface area (Å²) in [5.74, 6) is -0.659. The molecule has 3 rings (SSSR count). The third-order valence-electron chi connectivity index (χ3n) is 4.36. The maximum absolute atomic E-state index is 12.6. The Hall–Kier alpha value is -3.19. The van der Waals surface area contributed by atoms with E-state index in [0.29, 0.717) is 16.4 Å². The Bertz CT molecular complexity index is 1040. The quantitative estimate of drug-likeness (QED) is 0.686. The van der Waals surface area contributed by atoms with Crippen molar-refractivity contribution in [3.63, 3.8) is 0 Å². The van der Waals surface area contributed by atoms with E-state index in [1.807, 2.05) is 44.2 Å². The minimum atomic E-state index is -0.409. The van der Waals surface area contributed by atoms with Gasteiger partial charge in [0.25, 0.3) is 5.91 Å². The Labute approximate surface area is 167 Å². The van der Waals surface area contributed by atoms with Gasteiger partial charge in [0.15, 0.2) is 5.69 Å². The van der Waals surface area contributed by atoms with Crippen molar-refractivity contribution < 1.29 is 9.59 Å². The van der Waals surface area contributed by atoms with Crippen LogP contribution in [0.5, 0.6) is 0 Å². The van der Waals surface area contributed by atoms with Crippen molar-refractivity contribution >= 4 is 34.8 Å². The highest BCUT2D eigenvalue weighted by Gasteiger charge is 2.19. The van der Waals surface area contributed by atoms with Crippen molar-refractivity contribution in [1.82, 2.24) is 15.0 Å². The van der Waals surface area contributed by atoms with Crippen LogP contribution in [0.15, 0.2) is 42.5 Å². The average Bonchev–Trinajstić information content (AvgIpc) is 3.00. The molecule has 3 aromatic rings. The number of carbonyl (C=O) groups is 2. The molecule has 28 heavy (non-hydrogen) atoms. The first-order chi connectivity index (χ1) is 13.3. The SMILES string of the molecule is Cc1ccccc1NC(=O)Cn1nnc(C(=O)Nc2cc(Cl)ccc2C)c1C. The Morgan fingerprint density at radius 1 is 1.00 bits per heavy atom. The second-order valence-electron chi connectivity index (χ2n) is 6.46. The van der Waals surface area contributed by atoms with Gasteiger partial charge in [-0.05, 0) is 50.1 Å². The number of nitrogens with one attached hydrogen (secondary N) is 2. The van der Waals surface area contributed by atoms with Crippen LogP contribution in [0.3, 0.4) is 0 Å². The van der Waals surface area contributed by atoms with E-state index in [1.54, 1.807) is 19.1 Å². The maximum Gasteiger partial charge on any atom is 0.278 e. The summed E-state index contributed by atoms with van der Waals surface area (Å²) in [6.45, 7) is 5.43. The highest BCUT2D eigenvalue weighted by atomic mass is 35.5. The van der Waals surface area contributed by atoms with E-state index in [0.717, 1.165) is 16.8 Å². The molecule has 2 amide bonds. The first kappa shape index (κ1) is 19.6. The molecule has 0 atom stereocenters. The maximum atomic E-state index is 12.6. The first-order valence-electron chi connectivity index (χ1n) is 8.68. The van der Waals surface area contributed by atoms with Gasteiger partial charge in [-0.2, -0.15) is 0 Å². The smallest absolute Gasteiger partial charge is 0.278 e. The van der Waals surface area contributed by atoms with Crippen LogP contribution in [0.1, 0.15) is 27.3 Å². The van der Waals surface area contributed by atoms with Crippen LogP contribution >= 0.6 is 11.6 Å². The van der Waals surface area contributed by atoms with Gasteiger partial charge in [0.1, 0.15) is 6.54 Å². The zero-order valence-corrected chi connectivity index (χ0v) is 16.5. The van der Waals surface area contributed by atoms with E-state index >= 15 is 0 Å². The van der Waals surface area contributed by atoms with Crippen molar-refractivity contribution in [3.8, 4) is 0 Å². The molecule has 0 saturated heterocycles. The van der Waals surface area contributed by atoms with Gasteiger partial charge < -0.3 is 10.6 Å². The van der Waals surface area contributed by atoms with Gasteiger partial charge in [-0.15, -0.1) is 5.10 Å². The minimum absolute atomic E-state index is 0.0450. The van der Waals surface area contributed by atoms with Gasteiger partial charge in [0, 0.05) is 16.4 Å². The number of carbonyl (C=O) groups excluding carboxylic acids is 2. The van der Waals surface area contributed by atoms with E-state index in [-0.39, 0.29) is 18.1 Å². The summed E-state index contributed by atoms with van der Waals surface area (Å²) in [6.07, 6.45) is 0. The molecule has 7 nitrogen and oxygen atoms in total. The van der Waals surface area contributed by atoms with Crippen LogP contribution in [-0.2, 0) is 11.3 Å². The zero-order valence-electron chi connectivity index (χ0n) is 15.8. The zero-order chi connectivity index (χ0) is 20.3. The van der Waals surface area contributed by atoms with Crippen LogP contribution < -0.4 is 10.6 Å². The lowest BCUT2D eigenvalue weighted by Gasteiger charge is -2.09. The highest BCUT2D eigenvalue weighted by molar-refractivity contribution is 6.31. The Balaban J connectivity index is 1.71. The summed E-state index contributed by atoms with van der Waals surface area (Å²) in [6, 6.07) is 12.7. The molecule has 1 heterocycles. The molecule has 8 heteroatoms. The third-order valence-corrected chi connectivity index (χ3v) is 4.59. The van der Waals surface area contributed by atoms with Crippen molar-refractivity contribution in [3.05, 3.63) is 70.0 Å². The van der Waals surface area contributed by atoms with E-state index < -0.39 is 5.91 Å². The number of hydrogen-bond donors (Lipinski definition) is 2. The summed E-state index contributed by atoms with van der Waals surface area (Å²) in [5, 5.41) is 14.0. The average molecular weight is 398 g/mol. The molecule has 0 fully saturated rings. The molecule has 0 bridgehead atoms. The molecule has 2 aromatic carbocycles. The van der Waals surface area contributed by atoms with Crippen LogP contribution in [0.2, 0.25) is 5.02 Å². The topological polar surface area (TPSA) is 88.9 Å². The van der Waals surface area contributed by atoms with Gasteiger partial charge in [0.2, 0.25) is 5.91 Å². The largest absolute Gasteiger partial charge is 0.324 e. The number of benzene rings is 2. The fraction of sp³-hybridized carbons (Fsp3) is 0.200. The van der Waals surface area contributed by atoms with Gasteiger partial charge in [-0.3, -0.25) is 9.59 Å². The molecule has 0 aliphatic rings. The summed E-state index contributed by atoms with van der Waals surface area (Å²) >= 11 is 5.99. The standard InChI is InChI=1S/C20H20ClN5O2/c1-12-6-4-5-7-16(12)22-18(27)11-26-14(3)19(24-25-26)20(28)23-17-10-15(21)9-8-13(17)2/h4-10H,11H2,1-3H3,(H,22,27)(H,23,28). The van der Waals surface area contributed by atoms with Crippen LogP contribution in [0.25, 0.3) is 0 Å². The lowest BCUT2D eigenvalue weighted by Crippen LogP contribution is -2.21. The molecule has 0 radical (unpaired) electrons. The Morgan fingerprint density at radius 3 is 2.46 bits per heavy atom. The fourth-order valence-corrected chi connectivity index (χ4v) is 2.84. The van der Waals surface area contributed by atoms with E-state index in [1.165, 1.54) is 4.68 Å². The van der Waals surface area contributed by atoms with E-state index in [9.17, 15) is 9.59 Å². The fourth-order valence-electron chi connectivity index (χ4n) is 2.67. The Morgan fingerprint density at radius 2 is 1.71 bits per heavy atom. The number of rotatable bonds is 5. The number of amides is 2. The number of nitrogens with zero attached hydrogens (tertiary/aromatic N) is 3. The lowest BCUT2D eigenvalue weighted by molar-refractivity contribution is -0.117. The van der Waals surface area contributed by atoms with Crippen LogP contribution in [0.4, 0.5) is 11.4 Å². The van der Waals surface area contributed by atoms with Gasteiger partial charge >= 0.3 is 0 Å². The van der Waals surface area contributed by atoms with Crippen molar-refractivity contribution in [2.45, 2.75) is 27.3 Å². The highest BCUT2D eigenvalue weighted by Crippen LogP contribution is 2.21. The molecule has 0 spiro atoms.